The molecule has 3 heterocycles. The summed E-state index contributed by atoms with van der Waals surface area (Å²) >= 11 is 0. The van der Waals surface area contributed by atoms with Gasteiger partial charge in [-0.15, -0.1) is 0 Å². The molecule has 0 spiro atoms. The largest absolute Gasteiger partial charge is 0.394 e. The molecule has 0 unspecified atom stereocenters. The smallest absolute Gasteiger partial charge is 0.331 e. The van der Waals surface area contributed by atoms with E-state index in [9.17, 15) is 14.7 Å². The fourth-order valence-corrected chi connectivity index (χ4v) is 4.26. The normalized spacial score (nSPS) is 12.2. The highest BCUT2D eigenvalue weighted by Gasteiger charge is 2.22. The van der Waals surface area contributed by atoms with Crippen molar-refractivity contribution in [2.45, 2.75) is 19.5 Å². The number of anilines is 2. The van der Waals surface area contributed by atoms with Gasteiger partial charge in [0.15, 0.2) is 0 Å². The molecule has 0 saturated carbocycles. The third-order valence-electron chi connectivity index (χ3n) is 6.16. The second-order valence-corrected chi connectivity index (χ2v) is 8.54. The van der Waals surface area contributed by atoms with Crippen molar-refractivity contribution < 1.29 is 5.11 Å². The van der Waals surface area contributed by atoms with E-state index in [0.29, 0.717) is 23.3 Å². The van der Waals surface area contributed by atoms with E-state index in [0.717, 1.165) is 21.5 Å². The van der Waals surface area contributed by atoms with Gasteiger partial charge < -0.3 is 19.6 Å². The van der Waals surface area contributed by atoms with Crippen LogP contribution in [0.1, 0.15) is 18.5 Å². The van der Waals surface area contributed by atoms with Crippen molar-refractivity contribution in [2.24, 2.45) is 7.05 Å². The number of rotatable bonds is 7. The number of hydrogen-bond donors (Lipinski definition) is 2. The molecule has 5 aromatic rings. The van der Waals surface area contributed by atoms with Crippen LogP contribution < -0.4 is 16.6 Å². The van der Waals surface area contributed by atoms with Crippen LogP contribution in [0.5, 0.6) is 0 Å². The highest BCUT2D eigenvalue weighted by molar-refractivity contribution is 5.92. The molecule has 0 bridgehead atoms. The van der Waals surface area contributed by atoms with Crippen LogP contribution in [0.15, 0.2) is 89.1 Å². The van der Waals surface area contributed by atoms with Gasteiger partial charge in [-0.25, -0.2) is 9.78 Å². The minimum atomic E-state index is -0.494. The van der Waals surface area contributed by atoms with Crippen LogP contribution >= 0.6 is 0 Å². The Balaban J connectivity index is 1.67. The Morgan fingerprint density at radius 3 is 2.46 bits per heavy atom. The van der Waals surface area contributed by atoms with Gasteiger partial charge in [-0.05, 0) is 36.8 Å². The average molecular weight is 471 g/mol. The van der Waals surface area contributed by atoms with Crippen LogP contribution in [-0.2, 0) is 13.6 Å². The second-order valence-electron chi connectivity index (χ2n) is 8.54. The third-order valence-corrected chi connectivity index (χ3v) is 6.16. The topological polar surface area (TPSA) is 99.0 Å². The summed E-state index contributed by atoms with van der Waals surface area (Å²) in [6.07, 6.45) is 7.16. The molecule has 35 heavy (non-hydrogen) atoms. The minimum absolute atomic E-state index is 0.227. The first kappa shape index (κ1) is 22.4. The Kier molecular flexibility index (Phi) is 5.84. The van der Waals surface area contributed by atoms with E-state index in [1.165, 1.54) is 11.6 Å². The number of benzene rings is 2. The van der Waals surface area contributed by atoms with Crippen LogP contribution in [0.25, 0.3) is 16.6 Å². The van der Waals surface area contributed by atoms with Crippen molar-refractivity contribution in [3.8, 4) is 5.69 Å². The zero-order valence-corrected chi connectivity index (χ0v) is 19.5. The van der Waals surface area contributed by atoms with Crippen molar-refractivity contribution in [3.05, 3.63) is 106 Å². The molecule has 2 N–H and O–H groups in total. The molecule has 0 aliphatic rings. The van der Waals surface area contributed by atoms with E-state index in [1.54, 1.807) is 25.6 Å². The van der Waals surface area contributed by atoms with Crippen molar-refractivity contribution >= 4 is 22.4 Å². The molecule has 9 nitrogen and oxygen atoms in total. The Hall–Kier alpha value is -4.37. The zero-order valence-electron chi connectivity index (χ0n) is 19.5. The first-order valence-corrected chi connectivity index (χ1v) is 11.3. The lowest BCUT2D eigenvalue weighted by Gasteiger charge is -2.15. The number of para-hydroxylation sites is 1. The monoisotopic (exact) mass is 470 g/mol. The van der Waals surface area contributed by atoms with Gasteiger partial charge in [0.1, 0.15) is 11.2 Å². The van der Waals surface area contributed by atoms with Gasteiger partial charge >= 0.3 is 5.69 Å². The van der Waals surface area contributed by atoms with E-state index >= 15 is 0 Å². The number of aromatic nitrogens is 5. The maximum absolute atomic E-state index is 13.3. The molecule has 0 radical (unpaired) electrons. The van der Waals surface area contributed by atoms with Gasteiger partial charge in [-0.3, -0.25) is 13.9 Å². The first-order chi connectivity index (χ1) is 17.0. The summed E-state index contributed by atoms with van der Waals surface area (Å²) in [4.78, 5) is 30.3. The predicted molar refractivity (Wildman–Crippen MR) is 136 cm³/mol. The fraction of sp³-hybridized carbons (Fsp3) is 0.192. The lowest BCUT2D eigenvalue weighted by molar-refractivity contribution is 0.237. The van der Waals surface area contributed by atoms with Crippen LogP contribution in [0.2, 0.25) is 0 Å². The lowest BCUT2D eigenvalue weighted by atomic mass is 10.2. The summed E-state index contributed by atoms with van der Waals surface area (Å²) in [5, 5.41) is 13.6. The van der Waals surface area contributed by atoms with Crippen LogP contribution in [0, 0.1) is 0 Å². The minimum Gasteiger partial charge on any atom is -0.394 e. The SMILES string of the molecule is C[C@@H](CO)n1c(=O)n(C)c(=O)c2c(Nc3ccccc3)n(Cc3ccc(-n4ccnc4)cc3)cc21. The van der Waals surface area contributed by atoms with Crippen molar-refractivity contribution in [1.29, 1.82) is 0 Å². The molecule has 0 saturated heterocycles. The number of fused-ring (bicyclic) bond motifs is 1. The van der Waals surface area contributed by atoms with Crippen molar-refractivity contribution in [1.82, 2.24) is 23.3 Å². The quantitative estimate of drug-likeness (QED) is 0.381. The van der Waals surface area contributed by atoms with E-state index in [-0.39, 0.29) is 12.2 Å². The van der Waals surface area contributed by atoms with E-state index in [2.05, 4.69) is 10.3 Å². The second kappa shape index (κ2) is 9.11. The molecule has 0 aliphatic heterocycles. The maximum atomic E-state index is 13.3. The van der Waals surface area contributed by atoms with E-state index in [1.807, 2.05) is 69.9 Å². The first-order valence-electron chi connectivity index (χ1n) is 11.3. The molecule has 0 aliphatic carbocycles. The summed E-state index contributed by atoms with van der Waals surface area (Å²) in [5.74, 6) is 0.587. The van der Waals surface area contributed by atoms with Crippen LogP contribution in [-0.4, -0.2) is 35.0 Å². The highest BCUT2D eigenvalue weighted by Crippen LogP contribution is 2.28. The molecule has 2 aromatic carbocycles. The predicted octanol–water partition coefficient (Wildman–Crippen LogP) is 3.03. The molecular weight excluding hydrogens is 444 g/mol. The van der Waals surface area contributed by atoms with Crippen molar-refractivity contribution in [2.75, 3.05) is 11.9 Å². The zero-order chi connectivity index (χ0) is 24.5. The van der Waals surface area contributed by atoms with Gasteiger partial charge in [0.25, 0.3) is 5.56 Å². The number of aliphatic hydroxyl groups is 1. The summed E-state index contributed by atoms with van der Waals surface area (Å²) in [5.41, 5.74) is 2.46. The Morgan fingerprint density at radius 1 is 1.06 bits per heavy atom. The average Bonchev–Trinajstić information content (AvgIpc) is 3.53. The van der Waals surface area contributed by atoms with Crippen LogP contribution in [0.4, 0.5) is 11.5 Å². The lowest BCUT2D eigenvalue weighted by Crippen LogP contribution is -2.39. The Labute approximate surface area is 201 Å². The molecule has 1 atom stereocenters. The van der Waals surface area contributed by atoms with Crippen molar-refractivity contribution in [3.63, 3.8) is 0 Å². The molecular formula is C26H26N6O3. The number of nitrogens with zero attached hydrogens (tertiary/aromatic N) is 5. The summed E-state index contributed by atoms with van der Waals surface area (Å²) in [6.45, 7) is 2.00. The number of hydrogen-bond acceptors (Lipinski definition) is 5. The molecule has 0 fully saturated rings. The van der Waals surface area contributed by atoms with E-state index < -0.39 is 11.7 Å². The molecule has 0 amide bonds. The van der Waals surface area contributed by atoms with Gasteiger partial charge in [-0.1, -0.05) is 30.3 Å². The fourth-order valence-electron chi connectivity index (χ4n) is 4.26. The van der Waals surface area contributed by atoms with Gasteiger partial charge in [0.05, 0.1) is 24.5 Å². The molecule has 9 heteroatoms. The highest BCUT2D eigenvalue weighted by atomic mass is 16.3. The molecule has 3 aromatic heterocycles. The molecule has 5 rings (SSSR count). The van der Waals surface area contributed by atoms with Gasteiger partial charge in [0, 0.05) is 43.6 Å². The summed E-state index contributed by atoms with van der Waals surface area (Å²) in [6, 6.07) is 17.1. The third kappa shape index (κ3) is 4.06. The van der Waals surface area contributed by atoms with Gasteiger partial charge in [-0.2, -0.15) is 0 Å². The van der Waals surface area contributed by atoms with E-state index in [4.69, 9.17) is 0 Å². The Morgan fingerprint density at radius 2 is 1.80 bits per heavy atom. The Bertz CT molecular complexity index is 1580. The summed E-state index contributed by atoms with van der Waals surface area (Å²) in [7, 11) is 1.46. The maximum Gasteiger partial charge on any atom is 0.331 e. The number of imidazole rings is 1. The number of nitrogens with one attached hydrogen (secondary N) is 1. The number of aliphatic hydroxyl groups excluding tert-OH is 1. The summed E-state index contributed by atoms with van der Waals surface area (Å²) < 4.78 is 6.43. The standard InChI is InChI=1S/C26H26N6O3/c1-18(16-33)32-22-15-31(14-19-8-10-21(11-9-19)30-13-12-27-17-30)24(28-20-6-4-3-5-7-20)23(22)25(34)29(2)26(32)35/h3-13,15,17-18,28,33H,14,16H2,1-2H3/t18-/m0/s1. The van der Waals surface area contributed by atoms with Gasteiger partial charge in [0.2, 0.25) is 0 Å². The molecule has 178 valence electrons. The van der Waals surface area contributed by atoms with Crippen LogP contribution in [0.3, 0.4) is 0 Å².